The number of carboxylic acids is 1. The molecular weight excluding hydrogens is 100 g/mol. The van der Waals surface area contributed by atoms with Gasteiger partial charge < -0.3 is 9.90 Å². The first-order valence-electron chi connectivity index (χ1n) is 1.15. The highest BCUT2D eigenvalue weighted by Gasteiger charge is 1.65. The van der Waals surface area contributed by atoms with E-state index in [1.807, 2.05) is 10.5 Å². The quantitative estimate of drug-likeness (QED) is 0.395. The number of carboxylic acid groups (broad SMARTS) is 1. The Kier molecular flexibility index (Phi) is 13.5. The average molecular weight is 105 g/mol. The molecule has 0 aromatic carbocycles. The SMILES string of the molecule is CC(=O)O.O[Si]. The molecule has 0 spiro atoms. The van der Waals surface area contributed by atoms with Crippen LogP contribution in [0.1, 0.15) is 6.92 Å². The second-order valence-corrected chi connectivity index (χ2v) is 0.519. The Hall–Kier alpha value is -0.353. The summed E-state index contributed by atoms with van der Waals surface area (Å²) < 4.78 is 0. The molecule has 4 heteroatoms. The fourth-order valence-corrected chi connectivity index (χ4v) is 0. The van der Waals surface area contributed by atoms with E-state index >= 15 is 0 Å². The lowest BCUT2D eigenvalue weighted by Gasteiger charge is -1.59. The molecule has 0 amide bonds. The molecule has 0 unspecified atom stereocenters. The molecule has 3 radical (unpaired) electrons. The minimum absolute atomic E-state index is 0.833. The van der Waals surface area contributed by atoms with Gasteiger partial charge in [-0.05, 0) is 0 Å². The minimum Gasteiger partial charge on any atom is -0.481 e. The molecule has 35 valence electrons. The lowest BCUT2D eigenvalue weighted by molar-refractivity contribution is -0.134. The maximum Gasteiger partial charge on any atom is 0.300 e. The van der Waals surface area contributed by atoms with Gasteiger partial charge in [-0.25, -0.2) is 0 Å². The number of rotatable bonds is 0. The topological polar surface area (TPSA) is 57.5 Å². The van der Waals surface area contributed by atoms with Gasteiger partial charge >= 0.3 is 0 Å². The lowest BCUT2D eigenvalue weighted by Crippen LogP contribution is -1.78. The summed E-state index contributed by atoms with van der Waals surface area (Å²) in [6, 6.07) is 0. The maximum atomic E-state index is 9.00. The lowest BCUT2D eigenvalue weighted by atomic mass is 10.9. The predicted octanol–water partition coefficient (Wildman–Crippen LogP) is -0.847. The van der Waals surface area contributed by atoms with E-state index in [0.29, 0.717) is 0 Å². The van der Waals surface area contributed by atoms with Crippen molar-refractivity contribution in [1.82, 2.24) is 0 Å². The molecule has 0 rings (SSSR count). The third-order valence-electron chi connectivity index (χ3n) is 0. The van der Waals surface area contributed by atoms with Crippen LogP contribution in [-0.4, -0.2) is 26.4 Å². The van der Waals surface area contributed by atoms with Crippen LogP contribution in [0.2, 0.25) is 0 Å². The van der Waals surface area contributed by atoms with Crippen LogP contribution >= 0.6 is 0 Å². The highest BCUT2D eigenvalue weighted by molar-refractivity contribution is 5.95. The minimum atomic E-state index is -0.833. The molecular formula is C2H5O3Si. The third kappa shape index (κ3) is 205. The van der Waals surface area contributed by atoms with Gasteiger partial charge in [-0.3, -0.25) is 4.79 Å². The summed E-state index contributed by atoms with van der Waals surface area (Å²) in [5.74, 6) is -0.833. The summed E-state index contributed by atoms with van der Waals surface area (Å²) in [6.45, 7) is 1.08. The molecule has 0 heterocycles. The number of aliphatic carboxylic acids is 1. The molecule has 0 aliphatic carbocycles. The highest BCUT2D eigenvalue weighted by Crippen LogP contribution is 1.42. The van der Waals surface area contributed by atoms with Crippen molar-refractivity contribution in [2.24, 2.45) is 0 Å². The molecule has 0 fully saturated rings. The van der Waals surface area contributed by atoms with Gasteiger partial charge in [0.05, 0.1) is 0 Å². The summed E-state index contributed by atoms with van der Waals surface area (Å²) in [5, 5.41) is 7.42. The summed E-state index contributed by atoms with van der Waals surface area (Å²) in [6.07, 6.45) is 0. The Bertz CT molecular complexity index is 31.8. The molecule has 3 nitrogen and oxygen atoms in total. The summed E-state index contributed by atoms with van der Waals surface area (Å²) in [7, 11) is 1.97. The fraction of sp³-hybridized carbons (Fsp3) is 0.500. The smallest absolute Gasteiger partial charge is 0.300 e. The molecule has 0 aliphatic rings. The van der Waals surface area contributed by atoms with Crippen LogP contribution in [0.15, 0.2) is 0 Å². The number of hydrogen-bond acceptors (Lipinski definition) is 2. The van der Waals surface area contributed by atoms with E-state index in [1.54, 1.807) is 0 Å². The van der Waals surface area contributed by atoms with Crippen molar-refractivity contribution >= 4 is 16.5 Å². The fourth-order valence-electron chi connectivity index (χ4n) is 0. The van der Waals surface area contributed by atoms with Gasteiger partial charge in [-0.15, -0.1) is 0 Å². The van der Waals surface area contributed by atoms with E-state index in [-0.39, 0.29) is 0 Å². The Balaban J connectivity index is 0. The third-order valence-corrected chi connectivity index (χ3v) is 0. The van der Waals surface area contributed by atoms with Crippen molar-refractivity contribution in [2.75, 3.05) is 0 Å². The second-order valence-electron chi connectivity index (χ2n) is 0.519. The molecule has 0 saturated heterocycles. The van der Waals surface area contributed by atoms with Crippen LogP contribution in [0, 0.1) is 0 Å². The van der Waals surface area contributed by atoms with Crippen molar-refractivity contribution in [3.8, 4) is 0 Å². The first kappa shape index (κ1) is 9.17. The Morgan fingerprint density at radius 2 is 1.67 bits per heavy atom. The van der Waals surface area contributed by atoms with Crippen molar-refractivity contribution in [2.45, 2.75) is 6.92 Å². The van der Waals surface area contributed by atoms with Gasteiger partial charge in [0.15, 0.2) is 0 Å². The molecule has 2 N–H and O–H groups in total. The van der Waals surface area contributed by atoms with Gasteiger partial charge in [-0.2, -0.15) is 0 Å². The number of hydrogen-bond donors (Lipinski definition) is 2. The van der Waals surface area contributed by atoms with Gasteiger partial charge in [0.1, 0.15) is 0 Å². The molecule has 0 atom stereocenters. The van der Waals surface area contributed by atoms with Gasteiger partial charge in [-0.1, -0.05) is 0 Å². The summed E-state index contributed by atoms with van der Waals surface area (Å²) >= 11 is 0. The van der Waals surface area contributed by atoms with E-state index in [9.17, 15) is 0 Å². The van der Waals surface area contributed by atoms with Crippen molar-refractivity contribution < 1.29 is 14.7 Å². The zero-order valence-corrected chi connectivity index (χ0v) is 4.30. The van der Waals surface area contributed by atoms with Crippen LogP contribution in [0.4, 0.5) is 0 Å². The zero-order valence-electron chi connectivity index (χ0n) is 3.30. The van der Waals surface area contributed by atoms with Crippen molar-refractivity contribution in [3.05, 3.63) is 0 Å². The normalized spacial score (nSPS) is 5.17. The molecule has 0 saturated carbocycles. The summed E-state index contributed by atoms with van der Waals surface area (Å²) in [5.41, 5.74) is 0. The largest absolute Gasteiger partial charge is 0.481 e. The van der Waals surface area contributed by atoms with Crippen LogP contribution < -0.4 is 0 Å². The van der Waals surface area contributed by atoms with E-state index in [0.717, 1.165) is 6.92 Å². The first-order valence-corrected chi connectivity index (χ1v) is 1.60. The molecule has 0 bridgehead atoms. The van der Waals surface area contributed by atoms with Crippen molar-refractivity contribution in [3.63, 3.8) is 0 Å². The van der Waals surface area contributed by atoms with Gasteiger partial charge in [0.2, 0.25) is 10.5 Å². The van der Waals surface area contributed by atoms with Crippen LogP contribution in [0.5, 0.6) is 0 Å². The van der Waals surface area contributed by atoms with Gasteiger partial charge in [0, 0.05) is 6.92 Å². The Morgan fingerprint density at radius 3 is 1.67 bits per heavy atom. The van der Waals surface area contributed by atoms with E-state index in [4.69, 9.17) is 14.7 Å². The monoisotopic (exact) mass is 105 g/mol. The summed E-state index contributed by atoms with van der Waals surface area (Å²) in [4.78, 5) is 15.8. The Labute approximate surface area is 39.2 Å². The molecule has 6 heavy (non-hydrogen) atoms. The van der Waals surface area contributed by atoms with E-state index in [1.165, 1.54) is 0 Å². The van der Waals surface area contributed by atoms with Crippen LogP contribution in [0.3, 0.4) is 0 Å². The molecule has 0 aliphatic heterocycles. The Morgan fingerprint density at radius 1 is 1.67 bits per heavy atom. The van der Waals surface area contributed by atoms with Gasteiger partial charge in [0.25, 0.3) is 5.97 Å². The van der Waals surface area contributed by atoms with Crippen LogP contribution in [-0.2, 0) is 4.79 Å². The number of carbonyl (C=O) groups is 1. The highest BCUT2D eigenvalue weighted by atomic mass is 28.2. The molecule has 0 aromatic heterocycles. The van der Waals surface area contributed by atoms with Crippen molar-refractivity contribution in [1.29, 1.82) is 0 Å². The standard InChI is InChI=1S/C2H4O2.HOSi/c1-2(3)4;1-2/h1H3,(H,3,4);1H. The van der Waals surface area contributed by atoms with Crippen LogP contribution in [0.25, 0.3) is 0 Å². The van der Waals surface area contributed by atoms with E-state index < -0.39 is 5.97 Å². The zero-order chi connectivity index (χ0) is 5.58. The predicted molar refractivity (Wildman–Crippen MR) is 21.3 cm³/mol. The second kappa shape index (κ2) is 8.82. The first-order chi connectivity index (χ1) is 2.73. The maximum absolute atomic E-state index is 9.00. The van der Waals surface area contributed by atoms with E-state index in [2.05, 4.69) is 0 Å². The average Bonchev–Trinajstić information content (AvgIpc) is 1.41. The molecule has 0 aromatic rings.